The smallest absolute Gasteiger partial charge is 0.254 e. The lowest BCUT2D eigenvalue weighted by molar-refractivity contribution is 0.0830. The van der Waals surface area contributed by atoms with Gasteiger partial charge in [0.15, 0.2) is 0 Å². The van der Waals surface area contributed by atoms with Crippen molar-refractivity contribution in [1.82, 2.24) is 4.98 Å². The average Bonchev–Trinajstić information content (AvgIpc) is 2.25. The summed E-state index contributed by atoms with van der Waals surface area (Å²) in [6.07, 6.45) is 1.37. The Bertz CT molecular complexity index is 211. The molecule has 0 fully saturated rings. The third kappa shape index (κ3) is 7.12. The number of hydrogen-bond donors (Lipinski definition) is 0. The van der Waals surface area contributed by atoms with Gasteiger partial charge in [0.25, 0.3) is 0 Å². The van der Waals surface area contributed by atoms with Crippen molar-refractivity contribution < 1.29 is 9.18 Å². The Balaban J connectivity index is 0. The molecule has 0 saturated heterocycles. The maximum Gasteiger partial charge on any atom is 0.350 e. The molecule has 74 valence electrons. The standard InChI is InChI=1S/C6H4FNO.2C2H6/c7-6(9)5-3-1-2-4-8-5;2*1-2/h1-4H;2*1-2H3. The second kappa shape index (κ2) is 10.8. The van der Waals surface area contributed by atoms with Crippen LogP contribution >= 0.6 is 0 Å². The molecule has 0 aliphatic carbocycles. The largest absolute Gasteiger partial charge is 0.350 e. The zero-order valence-corrected chi connectivity index (χ0v) is 8.54. The molecule has 0 saturated carbocycles. The maximum atomic E-state index is 11.7. The Morgan fingerprint density at radius 2 is 1.77 bits per heavy atom. The molecule has 1 aromatic heterocycles. The maximum absolute atomic E-state index is 11.7. The van der Waals surface area contributed by atoms with E-state index in [0.29, 0.717) is 0 Å². The highest BCUT2D eigenvalue weighted by Crippen LogP contribution is 1.94. The fourth-order valence-electron chi connectivity index (χ4n) is 0.479. The Morgan fingerprint density at radius 1 is 1.23 bits per heavy atom. The number of pyridine rings is 1. The molecule has 0 aliphatic rings. The van der Waals surface area contributed by atoms with E-state index in [2.05, 4.69) is 4.98 Å². The first-order valence-corrected chi connectivity index (χ1v) is 4.41. The molecule has 13 heavy (non-hydrogen) atoms. The third-order valence-corrected chi connectivity index (χ3v) is 0.866. The number of carbonyl (C=O) groups is 1. The lowest BCUT2D eigenvalue weighted by Crippen LogP contribution is -1.91. The highest BCUT2D eigenvalue weighted by atomic mass is 19.1. The molecule has 0 unspecified atom stereocenters. The summed E-state index contributed by atoms with van der Waals surface area (Å²) in [6, 6.07) is 3.00. The molecular weight excluding hydrogens is 169 g/mol. The van der Waals surface area contributed by atoms with Gasteiger partial charge in [-0.25, -0.2) is 0 Å². The van der Waals surface area contributed by atoms with E-state index in [1.54, 1.807) is 12.1 Å². The lowest BCUT2D eigenvalue weighted by atomic mass is 10.4. The number of halogens is 1. The van der Waals surface area contributed by atoms with Crippen molar-refractivity contribution in [3.05, 3.63) is 30.1 Å². The first kappa shape index (κ1) is 14.3. The van der Waals surface area contributed by atoms with Gasteiger partial charge in [0.2, 0.25) is 0 Å². The summed E-state index contributed by atoms with van der Waals surface area (Å²) in [5.41, 5.74) is -0.141. The van der Waals surface area contributed by atoms with Gasteiger partial charge < -0.3 is 0 Å². The number of hydrogen-bond acceptors (Lipinski definition) is 2. The topological polar surface area (TPSA) is 30.0 Å². The molecule has 1 aromatic rings. The van der Waals surface area contributed by atoms with Crippen LogP contribution in [0, 0.1) is 0 Å². The number of aromatic nitrogens is 1. The van der Waals surface area contributed by atoms with Crippen LogP contribution in [0.1, 0.15) is 38.2 Å². The van der Waals surface area contributed by atoms with Crippen LogP contribution in [0.25, 0.3) is 0 Å². The number of nitrogens with zero attached hydrogens (tertiary/aromatic N) is 1. The van der Waals surface area contributed by atoms with E-state index in [1.807, 2.05) is 27.7 Å². The van der Waals surface area contributed by atoms with E-state index in [4.69, 9.17) is 0 Å². The molecule has 0 radical (unpaired) electrons. The van der Waals surface area contributed by atoms with Crippen LogP contribution in [0.4, 0.5) is 4.39 Å². The van der Waals surface area contributed by atoms with E-state index in [0.717, 1.165) is 0 Å². The normalized spacial score (nSPS) is 7.15. The number of rotatable bonds is 1. The zero-order valence-electron chi connectivity index (χ0n) is 8.54. The molecule has 1 heterocycles. The first-order valence-electron chi connectivity index (χ1n) is 4.41. The van der Waals surface area contributed by atoms with Crippen molar-refractivity contribution in [2.24, 2.45) is 0 Å². The van der Waals surface area contributed by atoms with E-state index in [9.17, 15) is 9.18 Å². The lowest BCUT2D eigenvalue weighted by Gasteiger charge is -1.85. The highest BCUT2D eigenvalue weighted by Gasteiger charge is 2.00. The van der Waals surface area contributed by atoms with Crippen molar-refractivity contribution in [3.63, 3.8) is 0 Å². The minimum absolute atomic E-state index is 0.141. The summed E-state index contributed by atoms with van der Waals surface area (Å²) in [5, 5.41) is 0. The van der Waals surface area contributed by atoms with Gasteiger partial charge in [-0.1, -0.05) is 33.8 Å². The van der Waals surface area contributed by atoms with Crippen LogP contribution in [0.5, 0.6) is 0 Å². The summed E-state index contributed by atoms with van der Waals surface area (Å²) < 4.78 is 11.7. The van der Waals surface area contributed by atoms with Crippen molar-refractivity contribution in [1.29, 1.82) is 0 Å². The monoisotopic (exact) mass is 185 g/mol. The predicted octanol–water partition coefficient (Wildman–Crippen LogP) is 3.24. The van der Waals surface area contributed by atoms with E-state index in [1.165, 1.54) is 12.3 Å². The van der Waals surface area contributed by atoms with Crippen LogP contribution in [-0.2, 0) is 0 Å². The van der Waals surface area contributed by atoms with Crippen molar-refractivity contribution in [2.45, 2.75) is 27.7 Å². The van der Waals surface area contributed by atoms with Gasteiger partial charge in [-0.3, -0.25) is 9.78 Å². The average molecular weight is 185 g/mol. The fourth-order valence-corrected chi connectivity index (χ4v) is 0.479. The molecule has 0 aliphatic heterocycles. The van der Waals surface area contributed by atoms with Crippen LogP contribution in [0.3, 0.4) is 0 Å². The molecule has 0 atom stereocenters. The van der Waals surface area contributed by atoms with E-state index in [-0.39, 0.29) is 5.69 Å². The quantitative estimate of drug-likeness (QED) is 0.628. The highest BCUT2D eigenvalue weighted by molar-refractivity contribution is 5.85. The van der Waals surface area contributed by atoms with Crippen molar-refractivity contribution >= 4 is 6.04 Å². The van der Waals surface area contributed by atoms with E-state index >= 15 is 0 Å². The van der Waals surface area contributed by atoms with Gasteiger partial charge in [-0.15, -0.1) is 0 Å². The Hall–Kier alpha value is -1.25. The van der Waals surface area contributed by atoms with Gasteiger partial charge in [-0.2, -0.15) is 4.39 Å². The fraction of sp³-hybridized carbons (Fsp3) is 0.400. The summed E-state index contributed by atoms with van der Waals surface area (Å²) in [6.45, 7) is 8.00. The first-order chi connectivity index (χ1) is 6.30. The van der Waals surface area contributed by atoms with Crippen LogP contribution < -0.4 is 0 Å². The molecule has 0 N–H and O–H groups in total. The van der Waals surface area contributed by atoms with Gasteiger partial charge in [0, 0.05) is 6.20 Å². The molecule has 3 heteroatoms. The molecule has 0 aromatic carbocycles. The zero-order chi connectivity index (χ0) is 10.7. The predicted molar refractivity (Wildman–Crippen MR) is 52.4 cm³/mol. The van der Waals surface area contributed by atoms with Gasteiger partial charge in [-0.05, 0) is 12.1 Å². The van der Waals surface area contributed by atoms with Crippen LogP contribution in [0.2, 0.25) is 0 Å². The van der Waals surface area contributed by atoms with Gasteiger partial charge in [0.05, 0.1) is 0 Å². The van der Waals surface area contributed by atoms with Gasteiger partial charge >= 0.3 is 6.04 Å². The molecule has 0 bridgehead atoms. The minimum Gasteiger partial charge on any atom is -0.254 e. The summed E-state index contributed by atoms with van der Waals surface area (Å²) in [5.74, 6) is 0. The summed E-state index contributed by atoms with van der Waals surface area (Å²) in [7, 11) is 0. The second-order valence-corrected chi connectivity index (χ2v) is 1.49. The minimum atomic E-state index is -1.49. The van der Waals surface area contributed by atoms with E-state index < -0.39 is 6.04 Å². The number of carbonyl (C=O) groups excluding carboxylic acids is 1. The van der Waals surface area contributed by atoms with Crippen LogP contribution in [-0.4, -0.2) is 11.0 Å². The summed E-state index contributed by atoms with van der Waals surface area (Å²) in [4.78, 5) is 13.4. The summed E-state index contributed by atoms with van der Waals surface area (Å²) >= 11 is 0. The molecule has 1 rings (SSSR count). The van der Waals surface area contributed by atoms with Crippen molar-refractivity contribution in [3.8, 4) is 0 Å². The Morgan fingerprint density at radius 3 is 2.00 bits per heavy atom. The SMILES string of the molecule is CC.CC.O=C(F)c1ccccn1. The molecule has 0 amide bonds. The van der Waals surface area contributed by atoms with Crippen LogP contribution in [0.15, 0.2) is 24.4 Å². The Labute approximate surface area is 78.8 Å². The second-order valence-electron chi connectivity index (χ2n) is 1.49. The van der Waals surface area contributed by atoms with Gasteiger partial charge in [0.1, 0.15) is 5.69 Å². The Kier molecular flexibility index (Phi) is 11.8. The van der Waals surface area contributed by atoms with Crippen molar-refractivity contribution in [2.75, 3.05) is 0 Å². The molecule has 2 nitrogen and oxygen atoms in total. The molecule has 0 spiro atoms. The third-order valence-electron chi connectivity index (χ3n) is 0.866. The molecular formula is C10H16FNO.